The number of hydrogen-bond donors (Lipinski definition) is 0. The first kappa shape index (κ1) is 15.2. The molecule has 2 heterocycles. The number of rotatable bonds is 6. The van der Waals surface area contributed by atoms with Crippen LogP contribution in [0, 0.1) is 6.92 Å². The molecule has 2 aromatic heterocycles. The van der Waals surface area contributed by atoms with Crippen molar-refractivity contribution in [3.05, 3.63) is 46.0 Å². The van der Waals surface area contributed by atoms with E-state index in [9.17, 15) is 0 Å². The maximum Gasteiger partial charge on any atom is 0.162 e. The quantitative estimate of drug-likeness (QED) is 0.759. The first-order valence-corrected chi connectivity index (χ1v) is 7.11. The van der Waals surface area contributed by atoms with Crippen LogP contribution in [0.5, 0.6) is 0 Å². The van der Waals surface area contributed by atoms with E-state index in [0.29, 0.717) is 13.0 Å². The largest absolute Gasteiger partial charge is 0.356 e. The molecular weight excluding hydrogens is 322 g/mol. The van der Waals surface area contributed by atoms with E-state index in [0.717, 1.165) is 21.6 Å². The number of hydrogen-bond acceptors (Lipinski definition) is 4. The highest BCUT2D eigenvalue weighted by Gasteiger charge is 2.10. The van der Waals surface area contributed by atoms with Gasteiger partial charge in [0.1, 0.15) is 0 Å². The fourth-order valence-corrected chi connectivity index (χ4v) is 2.24. The van der Waals surface area contributed by atoms with Gasteiger partial charge in [-0.15, -0.1) is 0 Å². The zero-order valence-electron chi connectivity index (χ0n) is 11.8. The number of aromatic nitrogens is 3. The van der Waals surface area contributed by atoms with Crippen LogP contribution in [0.2, 0.25) is 0 Å². The van der Waals surface area contributed by atoms with Crippen molar-refractivity contribution >= 4 is 15.9 Å². The van der Waals surface area contributed by atoms with Gasteiger partial charge in [-0.1, -0.05) is 0 Å². The summed E-state index contributed by atoms with van der Waals surface area (Å²) in [5, 5.41) is 4.51. The third kappa shape index (κ3) is 3.88. The molecule has 0 amide bonds. The van der Waals surface area contributed by atoms with E-state index in [1.54, 1.807) is 14.2 Å². The van der Waals surface area contributed by atoms with E-state index in [1.807, 2.05) is 36.0 Å². The summed E-state index contributed by atoms with van der Waals surface area (Å²) in [6.45, 7) is 2.61. The van der Waals surface area contributed by atoms with Gasteiger partial charge in [0.2, 0.25) is 0 Å². The Morgan fingerprint density at radius 3 is 2.70 bits per heavy atom. The van der Waals surface area contributed by atoms with E-state index < -0.39 is 0 Å². The summed E-state index contributed by atoms with van der Waals surface area (Å²) in [6.07, 6.45) is 2.30. The molecule has 20 heavy (non-hydrogen) atoms. The van der Waals surface area contributed by atoms with Crippen molar-refractivity contribution in [1.82, 2.24) is 14.8 Å². The van der Waals surface area contributed by atoms with Crippen molar-refractivity contribution in [2.75, 3.05) is 14.2 Å². The molecule has 0 spiro atoms. The van der Waals surface area contributed by atoms with Gasteiger partial charge in [0.05, 0.1) is 17.9 Å². The average Bonchev–Trinajstić information content (AvgIpc) is 2.87. The Morgan fingerprint density at radius 1 is 1.25 bits per heavy atom. The molecule has 0 aliphatic carbocycles. The minimum Gasteiger partial charge on any atom is -0.356 e. The lowest BCUT2D eigenvalue weighted by Gasteiger charge is -2.11. The third-order valence-electron chi connectivity index (χ3n) is 2.97. The fraction of sp³-hybridized carbons (Fsp3) is 0.429. The molecule has 2 rings (SSSR count). The average molecular weight is 340 g/mol. The van der Waals surface area contributed by atoms with Gasteiger partial charge in [-0.3, -0.25) is 9.67 Å². The number of pyridine rings is 1. The molecule has 0 bridgehead atoms. The Bertz CT molecular complexity index is 567. The van der Waals surface area contributed by atoms with Gasteiger partial charge in [-0.25, -0.2) is 0 Å². The van der Waals surface area contributed by atoms with Crippen LogP contribution in [0.3, 0.4) is 0 Å². The molecular formula is C14H18BrN3O2. The minimum atomic E-state index is -0.262. The summed E-state index contributed by atoms with van der Waals surface area (Å²) in [7, 11) is 3.25. The van der Waals surface area contributed by atoms with Crippen molar-refractivity contribution < 1.29 is 9.47 Å². The number of methoxy groups -OCH3 is 2. The van der Waals surface area contributed by atoms with Crippen LogP contribution in [0.15, 0.2) is 28.9 Å². The van der Waals surface area contributed by atoms with Crippen LogP contribution in [-0.2, 0) is 22.4 Å². The molecule has 0 aromatic carbocycles. The Hall–Kier alpha value is -1.24. The summed E-state index contributed by atoms with van der Waals surface area (Å²) < 4.78 is 13.2. The second kappa shape index (κ2) is 6.97. The SMILES string of the molecule is COC(Cc1ccn(Cc2nc(C)ccc2Br)n1)OC. The number of aryl methyl sites for hydroxylation is 1. The molecule has 0 fully saturated rings. The van der Waals surface area contributed by atoms with Crippen LogP contribution in [0.4, 0.5) is 0 Å². The highest BCUT2D eigenvalue weighted by molar-refractivity contribution is 9.10. The molecule has 0 aliphatic heterocycles. The first-order chi connectivity index (χ1) is 9.62. The van der Waals surface area contributed by atoms with Gasteiger partial charge in [0, 0.05) is 37.0 Å². The van der Waals surface area contributed by atoms with E-state index >= 15 is 0 Å². The summed E-state index contributed by atoms with van der Waals surface area (Å²) in [6, 6.07) is 5.95. The van der Waals surface area contributed by atoms with Gasteiger partial charge < -0.3 is 9.47 Å². The molecule has 108 valence electrons. The maximum absolute atomic E-state index is 5.17. The molecule has 0 radical (unpaired) electrons. The van der Waals surface area contributed by atoms with Crippen molar-refractivity contribution in [3.8, 4) is 0 Å². The van der Waals surface area contributed by atoms with Crippen LogP contribution in [0.1, 0.15) is 17.1 Å². The van der Waals surface area contributed by atoms with Crippen LogP contribution in [0.25, 0.3) is 0 Å². The second-order valence-electron chi connectivity index (χ2n) is 4.49. The summed E-state index contributed by atoms with van der Waals surface area (Å²) in [4.78, 5) is 4.51. The Labute approximate surface area is 127 Å². The number of halogens is 1. The minimum absolute atomic E-state index is 0.262. The molecule has 0 atom stereocenters. The summed E-state index contributed by atoms with van der Waals surface area (Å²) >= 11 is 3.51. The molecule has 0 saturated heterocycles. The van der Waals surface area contributed by atoms with E-state index in [2.05, 4.69) is 26.0 Å². The summed E-state index contributed by atoms with van der Waals surface area (Å²) in [5.41, 5.74) is 2.89. The molecule has 5 nitrogen and oxygen atoms in total. The van der Waals surface area contributed by atoms with Crippen molar-refractivity contribution in [2.24, 2.45) is 0 Å². The number of nitrogens with zero attached hydrogens (tertiary/aromatic N) is 3. The zero-order valence-corrected chi connectivity index (χ0v) is 13.4. The van der Waals surface area contributed by atoms with Crippen LogP contribution in [-0.4, -0.2) is 35.3 Å². The predicted octanol–water partition coefficient (Wildman–Crippen LogP) is 2.56. The molecule has 0 saturated carbocycles. The van der Waals surface area contributed by atoms with E-state index in [1.165, 1.54) is 0 Å². The normalized spacial score (nSPS) is 11.2. The van der Waals surface area contributed by atoms with Crippen LogP contribution < -0.4 is 0 Å². The fourth-order valence-electron chi connectivity index (χ4n) is 1.89. The Morgan fingerprint density at radius 2 is 2.00 bits per heavy atom. The highest BCUT2D eigenvalue weighted by atomic mass is 79.9. The zero-order chi connectivity index (χ0) is 14.5. The molecule has 2 aromatic rings. The van der Waals surface area contributed by atoms with Gasteiger partial charge >= 0.3 is 0 Å². The maximum atomic E-state index is 5.17. The molecule has 0 unspecified atom stereocenters. The summed E-state index contributed by atoms with van der Waals surface area (Å²) in [5.74, 6) is 0. The predicted molar refractivity (Wildman–Crippen MR) is 79.5 cm³/mol. The van der Waals surface area contributed by atoms with Gasteiger partial charge in [-0.2, -0.15) is 5.10 Å². The first-order valence-electron chi connectivity index (χ1n) is 6.32. The van der Waals surface area contributed by atoms with Gasteiger partial charge in [0.15, 0.2) is 6.29 Å². The van der Waals surface area contributed by atoms with Crippen molar-refractivity contribution in [1.29, 1.82) is 0 Å². The van der Waals surface area contributed by atoms with E-state index in [4.69, 9.17) is 9.47 Å². The molecule has 6 heteroatoms. The lowest BCUT2D eigenvalue weighted by atomic mass is 10.3. The number of ether oxygens (including phenoxy) is 2. The standard InChI is InChI=1S/C14H18BrN3O2/c1-10-4-5-12(15)13(16-10)9-18-7-6-11(17-18)8-14(19-2)20-3/h4-7,14H,8-9H2,1-3H3. The van der Waals surface area contributed by atoms with Gasteiger partial charge in [-0.05, 0) is 41.1 Å². The van der Waals surface area contributed by atoms with E-state index in [-0.39, 0.29) is 6.29 Å². The Kier molecular flexibility index (Phi) is 5.28. The monoisotopic (exact) mass is 339 g/mol. The second-order valence-corrected chi connectivity index (χ2v) is 5.35. The van der Waals surface area contributed by atoms with Crippen molar-refractivity contribution in [3.63, 3.8) is 0 Å². The Balaban J connectivity index is 2.07. The van der Waals surface area contributed by atoms with Gasteiger partial charge in [0.25, 0.3) is 0 Å². The molecule has 0 aliphatic rings. The topological polar surface area (TPSA) is 49.2 Å². The third-order valence-corrected chi connectivity index (χ3v) is 3.69. The molecule has 0 N–H and O–H groups in total. The highest BCUT2D eigenvalue weighted by Crippen LogP contribution is 2.16. The van der Waals surface area contributed by atoms with Crippen molar-refractivity contribution in [2.45, 2.75) is 26.2 Å². The van der Waals surface area contributed by atoms with Crippen LogP contribution >= 0.6 is 15.9 Å². The smallest absolute Gasteiger partial charge is 0.162 e. The lowest BCUT2D eigenvalue weighted by molar-refractivity contribution is -0.101. The lowest BCUT2D eigenvalue weighted by Crippen LogP contribution is -2.16.